The number of benzene rings is 1. The van der Waals surface area contributed by atoms with Crippen LogP contribution in [0.4, 0.5) is 10.5 Å². The second-order valence-corrected chi connectivity index (χ2v) is 5.16. The minimum Gasteiger partial charge on any atom is -0.348 e. The van der Waals surface area contributed by atoms with Gasteiger partial charge in [-0.25, -0.2) is 4.79 Å². The van der Waals surface area contributed by atoms with Gasteiger partial charge in [0.1, 0.15) is 5.92 Å². The molecule has 1 heterocycles. The van der Waals surface area contributed by atoms with Crippen molar-refractivity contribution in [2.24, 2.45) is 5.92 Å². The number of nitro groups is 1. The van der Waals surface area contributed by atoms with Crippen molar-refractivity contribution in [3.8, 4) is 0 Å². The van der Waals surface area contributed by atoms with E-state index in [0.717, 1.165) is 0 Å². The number of rotatable bonds is 3. The third-order valence-corrected chi connectivity index (χ3v) is 3.44. The molecule has 2 rings (SSSR count). The molecule has 22 heavy (non-hydrogen) atoms. The zero-order chi connectivity index (χ0) is 16.4. The molecule has 1 aliphatic heterocycles. The smallest absolute Gasteiger partial charge is 0.319 e. The van der Waals surface area contributed by atoms with Gasteiger partial charge in [-0.3, -0.25) is 14.9 Å². The van der Waals surface area contributed by atoms with Crippen molar-refractivity contribution in [1.29, 1.82) is 0 Å². The van der Waals surface area contributed by atoms with E-state index in [2.05, 4.69) is 17.2 Å². The highest BCUT2D eigenvalue weighted by molar-refractivity contribution is 5.87. The first-order valence-corrected chi connectivity index (χ1v) is 6.53. The van der Waals surface area contributed by atoms with E-state index in [0.29, 0.717) is 11.3 Å². The quantitative estimate of drug-likeness (QED) is 0.646. The SMILES string of the molecule is C=C1NC(=O)N[C@H](c2ccc([N+](=O)[O-])cc2)[C@@H]1C(=O)N(C)C. The molecule has 0 radical (unpaired) electrons. The fraction of sp³-hybridized carbons (Fsp3) is 0.286. The highest BCUT2D eigenvalue weighted by atomic mass is 16.6. The molecular formula is C14H16N4O4. The Kier molecular flexibility index (Phi) is 4.11. The normalized spacial score (nSPS) is 20.8. The van der Waals surface area contributed by atoms with Crippen molar-refractivity contribution in [1.82, 2.24) is 15.5 Å². The van der Waals surface area contributed by atoms with Crippen LogP contribution in [-0.4, -0.2) is 35.9 Å². The van der Waals surface area contributed by atoms with E-state index >= 15 is 0 Å². The van der Waals surface area contributed by atoms with Crippen LogP contribution in [0.1, 0.15) is 11.6 Å². The van der Waals surface area contributed by atoms with Crippen LogP contribution in [0.5, 0.6) is 0 Å². The summed E-state index contributed by atoms with van der Waals surface area (Å²) >= 11 is 0. The summed E-state index contributed by atoms with van der Waals surface area (Å²) in [5, 5.41) is 15.9. The number of carbonyl (C=O) groups excluding carboxylic acids is 2. The van der Waals surface area contributed by atoms with E-state index in [1.54, 1.807) is 14.1 Å². The molecule has 2 atom stereocenters. The van der Waals surface area contributed by atoms with E-state index in [9.17, 15) is 19.7 Å². The van der Waals surface area contributed by atoms with Gasteiger partial charge in [-0.05, 0) is 5.56 Å². The lowest BCUT2D eigenvalue weighted by atomic mass is 9.88. The van der Waals surface area contributed by atoms with Gasteiger partial charge in [0.25, 0.3) is 5.69 Å². The van der Waals surface area contributed by atoms with Gasteiger partial charge in [-0.1, -0.05) is 18.7 Å². The number of non-ortho nitro benzene ring substituents is 1. The molecule has 0 aromatic heterocycles. The van der Waals surface area contributed by atoms with Crippen LogP contribution >= 0.6 is 0 Å². The van der Waals surface area contributed by atoms with E-state index in [4.69, 9.17) is 0 Å². The molecule has 8 nitrogen and oxygen atoms in total. The minimum atomic E-state index is -0.686. The van der Waals surface area contributed by atoms with Crippen molar-refractivity contribution in [3.63, 3.8) is 0 Å². The van der Waals surface area contributed by atoms with Crippen LogP contribution in [0.2, 0.25) is 0 Å². The van der Waals surface area contributed by atoms with Gasteiger partial charge in [0, 0.05) is 31.9 Å². The van der Waals surface area contributed by atoms with Crippen LogP contribution in [0.15, 0.2) is 36.5 Å². The van der Waals surface area contributed by atoms with Crippen molar-refractivity contribution in [2.45, 2.75) is 6.04 Å². The van der Waals surface area contributed by atoms with Crippen LogP contribution in [-0.2, 0) is 4.79 Å². The second-order valence-electron chi connectivity index (χ2n) is 5.16. The highest BCUT2D eigenvalue weighted by Gasteiger charge is 2.38. The third-order valence-electron chi connectivity index (χ3n) is 3.44. The number of amides is 3. The lowest BCUT2D eigenvalue weighted by molar-refractivity contribution is -0.384. The van der Waals surface area contributed by atoms with Gasteiger partial charge >= 0.3 is 6.03 Å². The Balaban J connectivity index is 2.38. The maximum Gasteiger partial charge on any atom is 0.319 e. The summed E-state index contributed by atoms with van der Waals surface area (Å²) in [4.78, 5) is 35.6. The van der Waals surface area contributed by atoms with Gasteiger partial charge in [-0.15, -0.1) is 0 Å². The molecule has 1 aromatic carbocycles. The van der Waals surface area contributed by atoms with E-state index in [-0.39, 0.29) is 11.6 Å². The summed E-state index contributed by atoms with van der Waals surface area (Å²) in [5.41, 5.74) is 0.839. The number of nitrogens with one attached hydrogen (secondary N) is 2. The van der Waals surface area contributed by atoms with Crippen molar-refractivity contribution in [2.75, 3.05) is 14.1 Å². The Morgan fingerprint density at radius 3 is 2.41 bits per heavy atom. The van der Waals surface area contributed by atoms with Gasteiger partial charge in [0.2, 0.25) is 5.91 Å². The van der Waals surface area contributed by atoms with Crippen molar-refractivity contribution in [3.05, 3.63) is 52.2 Å². The largest absolute Gasteiger partial charge is 0.348 e. The van der Waals surface area contributed by atoms with E-state index in [1.807, 2.05) is 0 Å². The lowest BCUT2D eigenvalue weighted by Crippen LogP contribution is -2.52. The predicted molar refractivity (Wildman–Crippen MR) is 78.8 cm³/mol. The molecule has 1 fully saturated rings. The average Bonchev–Trinajstić information content (AvgIpc) is 2.45. The third kappa shape index (κ3) is 2.90. The summed E-state index contributed by atoms with van der Waals surface area (Å²) in [7, 11) is 3.22. The van der Waals surface area contributed by atoms with Crippen LogP contribution in [0, 0.1) is 16.0 Å². The molecule has 3 amide bonds. The zero-order valence-electron chi connectivity index (χ0n) is 12.2. The van der Waals surface area contributed by atoms with Crippen LogP contribution in [0.25, 0.3) is 0 Å². The Hall–Kier alpha value is -2.90. The first-order valence-electron chi connectivity index (χ1n) is 6.53. The molecule has 0 aliphatic carbocycles. The first-order chi connectivity index (χ1) is 10.3. The molecular weight excluding hydrogens is 288 g/mol. The van der Waals surface area contributed by atoms with Gasteiger partial charge in [0.05, 0.1) is 11.0 Å². The monoisotopic (exact) mass is 304 g/mol. The zero-order valence-corrected chi connectivity index (χ0v) is 12.2. The molecule has 1 aromatic rings. The summed E-state index contributed by atoms with van der Waals surface area (Å²) in [5.74, 6) is -0.907. The summed E-state index contributed by atoms with van der Waals surface area (Å²) < 4.78 is 0. The average molecular weight is 304 g/mol. The van der Waals surface area contributed by atoms with E-state index < -0.39 is 22.9 Å². The highest BCUT2D eigenvalue weighted by Crippen LogP contribution is 2.31. The maximum atomic E-state index is 12.3. The van der Waals surface area contributed by atoms with E-state index in [1.165, 1.54) is 29.2 Å². The van der Waals surface area contributed by atoms with Crippen LogP contribution in [0.3, 0.4) is 0 Å². The van der Waals surface area contributed by atoms with Gasteiger partial charge in [0.15, 0.2) is 0 Å². The Morgan fingerprint density at radius 1 is 1.32 bits per heavy atom. The molecule has 1 aliphatic rings. The molecule has 2 N–H and O–H groups in total. The molecule has 1 saturated heterocycles. The van der Waals surface area contributed by atoms with Gasteiger partial charge < -0.3 is 15.5 Å². The molecule has 0 bridgehead atoms. The van der Waals surface area contributed by atoms with Gasteiger partial charge in [-0.2, -0.15) is 0 Å². The first kappa shape index (κ1) is 15.5. The number of nitrogens with zero attached hydrogens (tertiary/aromatic N) is 2. The second kappa shape index (κ2) is 5.84. The molecule has 116 valence electrons. The minimum absolute atomic E-state index is 0.0571. The molecule has 0 unspecified atom stereocenters. The number of hydrogen-bond acceptors (Lipinski definition) is 4. The summed E-state index contributed by atoms with van der Waals surface area (Å²) in [6.45, 7) is 3.74. The topological polar surface area (TPSA) is 105 Å². The predicted octanol–water partition coefficient (Wildman–Crippen LogP) is 1.17. The standard InChI is InChI=1S/C14H16N4O4/c1-8-11(13(19)17(2)3)12(16-14(20)15-8)9-4-6-10(7-5-9)18(21)22/h4-7,11-12H,1H2,2-3H3,(H2,15,16,20)/t11-,12-/m1/s1. The molecule has 0 spiro atoms. The molecule has 8 heteroatoms. The summed E-state index contributed by atoms with van der Waals surface area (Å²) in [6.07, 6.45) is 0. The number of carbonyl (C=O) groups is 2. The lowest BCUT2D eigenvalue weighted by Gasteiger charge is -2.35. The number of hydrogen-bond donors (Lipinski definition) is 2. The maximum absolute atomic E-state index is 12.3. The Bertz CT molecular complexity index is 639. The number of urea groups is 1. The Morgan fingerprint density at radius 2 is 1.91 bits per heavy atom. The fourth-order valence-electron chi connectivity index (χ4n) is 2.33. The van der Waals surface area contributed by atoms with Crippen molar-refractivity contribution >= 4 is 17.6 Å². The van der Waals surface area contributed by atoms with Crippen molar-refractivity contribution < 1.29 is 14.5 Å². The number of nitro benzene ring substituents is 1. The Labute approximate surface area is 126 Å². The fourth-order valence-corrected chi connectivity index (χ4v) is 2.33. The van der Waals surface area contributed by atoms with Crippen LogP contribution < -0.4 is 10.6 Å². The molecule has 0 saturated carbocycles. The summed E-state index contributed by atoms with van der Waals surface area (Å²) in [6, 6.07) is 4.63.